The van der Waals surface area contributed by atoms with Gasteiger partial charge >= 0.3 is 5.97 Å². The maximum atomic E-state index is 13.6. The van der Waals surface area contributed by atoms with E-state index in [9.17, 15) is 14.0 Å². The molecule has 0 aliphatic carbocycles. The van der Waals surface area contributed by atoms with Crippen molar-refractivity contribution < 1.29 is 23.5 Å². The van der Waals surface area contributed by atoms with Crippen LogP contribution in [0, 0.1) is 5.82 Å². The second-order valence-electron chi connectivity index (χ2n) is 5.55. The van der Waals surface area contributed by atoms with Crippen molar-refractivity contribution in [3.05, 3.63) is 65.3 Å². The molecule has 1 heterocycles. The van der Waals surface area contributed by atoms with Gasteiger partial charge in [0.15, 0.2) is 23.3 Å². The second-order valence-corrected chi connectivity index (χ2v) is 6.55. The van der Waals surface area contributed by atoms with Crippen LogP contribution in [0.3, 0.4) is 0 Å². The van der Waals surface area contributed by atoms with E-state index in [1.165, 1.54) is 18.2 Å². The Hall–Kier alpha value is -3.26. The standard InChI is InChI=1S/C20H17FN2O4S/c1-2-26-19(25)18-17(13-8-4-3-5-9-13)23-20(28-18)22-16(24)12-27-15-11-7-6-10-14(15)21/h3-11H,2,12H2,1H3,(H,22,23,24). The van der Waals surface area contributed by atoms with Crippen LogP contribution in [-0.4, -0.2) is 30.1 Å². The molecule has 0 unspecified atom stereocenters. The van der Waals surface area contributed by atoms with E-state index in [4.69, 9.17) is 9.47 Å². The zero-order valence-corrected chi connectivity index (χ0v) is 15.8. The van der Waals surface area contributed by atoms with Crippen molar-refractivity contribution in [2.24, 2.45) is 0 Å². The molecule has 0 spiro atoms. The third-order valence-corrected chi connectivity index (χ3v) is 4.53. The summed E-state index contributed by atoms with van der Waals surface area (Å²) >= 11 is 1.01. The van der Waals surface area contributed by atoms with Gasteiger partial charge in [-0.05, 0) is 19.1 Å². The minimum atomic E-state index is -0.555. The smallest absolute Gasteiger partial charge is 0.350 e. The Labute approximate surface area is 164 Å². The summed E-state index contributed by atoms with van der Waals surface area (Å²) in [5.41, 5.74) is 1.15. The van der Waals surface area contributed by atoms with Crippen LogP contribution in [0.25, 0.3) is 11.3 Å². The molecule has 144 valence electrons. The van der Waals surface area contributed by atoms with Gasteiger partial charge in [0.1, 0.15) is 4.88 Å². The minimum Gasteiger partial charge on any atom is -0.481 e. The lowest BCUT2D eigenvalue weighted by molar-refractivity contribution is -0.118. The van der Waals surface area contributed by atoms with E-state index in [-0.39, 0.29) is 17.5 Å². The first-order valence-electron chi connectivity index (χ1n) is 8.49. The fourth-order valence-electron chi connectivity index (χ4n) is 2.36. The van der Waals surface area contributed by atoms with Gasteiger partial charge < -0.3 is 9.47 Å². The van der Waals surface area contributed by atoms with Crippen LogP contribution in [0.1, 0.15) is 16.6 Å². The Bertz CT molecular complexity index is 975. The molecule has 0 aliphatic heterocycles. The van der Waals surface area contributed by atoms with Gasteiger partial charge in [-0.15, -0.1) is 0 Å². The van der Waals surface area contributed by atoms with Crippen molar-refractivity contribution >= 4 is 28.3 Å². The van der Waals surface area contributed by atoms with E-state index in [0.717, 1.165) is 16.9 Å². The number of rotatable bonds is 7. The SMILES string of the molecule is CCOC(=O)c1sc(NC(=O)COc2ccccc2F)nc1-c1ccccc1. The first kappa shape index (κ1) is 19.5. The van der Waals surface area contributed by atoms with Crippen molar-refractivity contribution in [1.29, 1.82) is 0 Å². The molecule has 0 atom stereocenters. The largest absolute Gasteiger partial charge is 0.481 e. The number of amides is 1. The molecular formula is C20H17FN2O4S. The third-order valence-electron chi connectivity index (χ3n) is 3.58. The average molecular weight is 400 g/mol. The fraction of sp³-hybridized carbons (Fsp3) is 0.150. The molecule has 3 rings (SSSR count). The number of hydrogen-bond donors (Lipinski definition) is 1. The molecule has 0 aliphatic rings. The van der Waals surface area contributed by atoms with Crippen molar-refractivity contribution in [3.63, 3.8) is 0 Å². The molecule has 0 saturated carbocycles. The number of halogens is 1. The van der Waals surface area contributed by atoms with Crippen LogP contribution >= 0.6 is 11.3 Å². The molecule has 1 amide bonds. The average Bonchev–Trinajstić information content (AvgIpc) is 3.12. The van der Waals surface area contributed by atoms with E-state index < -0.39 is 24.3 Å². The van der Waals surface area contributed by atoms with Crippen molar-refractivity contribution in [1.82, 2.24) is 4.98 Å². The number of ether oxygens (including phenoxy) is 2. The molecule has 1 N–H and O–H groups in total. The summed E-state index contributed by atoms with van der Waals surface area (Å²) in [6.45, 7) is 1.54. The molecular weight excluding hydrogens is 383 g/mol. The quantitative estimate of drug-likeness (QED) is 0.603. The molecule has 0 saturated heterocycles. The van der Waals surface area contributed by atoms with E-state index in [2.05, 4.69) is 10.3 Å². The number of benzene rings is 2. The lowest BCUT2D eigenvalue weighted by atomic mass is 10.1. The predicted molar refractivity (Wildman–Crippen MR) is 104 cm³/mol. The van der Waals surface area contributed by atoms with Crippen LogP contribution in [0.5, 0.6) is 5.75 Å². The Morgan fingerprint density at radius 1 is 1.11 bits per heavy atom. The van der Waals surface area contributed by atoms with E-state index in [1.54, 1.807) is 13.0 Å². The summed E-state index contributed by atoms with van der Waals surface area (Å²) in [6.07, 6.45) is 0. The molecule has 8 heteroatoms. The van der Waals surface area contributed by atoms with Crippen molar-refractivity contribution in [2.75, 3.05) is 18.5 Å². The topological polar surface area (TPSA) is 77.5 Å². The molecule has 0 fully saturated rings. The number of para-hydroxylation sites is 1. The number of nitrogens with zero attached hydrogens (tertiary/aromatic N) is 1. The number of anilines is 1. The fourth-order valence-corrected chi connectivity index (χ4v) is 3.26. The first-order chi connectivity index (χ1) is 13.6. The minimum absolute atomic E-state index is 0.0195. The van der Waals surface area contributed by atoms with Gasteiger partial charge in [-0.2, -0.15) is 0 Å². The number of esters is 1. The number of carbonyl (C=O) groups excluding carboxylic acids is 2. The highest BCUT2D eigenvalue weighted by Gasteiger charge is 2.21. The normalized spacial score (nSPS) is 10.4. The summed E-state index contributed by atoms with van der Waals surface area (Å²) < 4.78 is 23.8. The highest BCUT2D eigenvalue weighted by atomic mass is 32.1. The summed E-state index contributed by atoms with van der Waals surface area (Å²) in [4.78, 5) is 29.0. The molecule has 6 nitrogen and oxygen atoms in total. The van der Waals surface area contributed by atoms with Crippen LogP contribution < -0.4 is 10.1 Å². The van der Waals surface area contributed by atoms with Crippen LogP contribution in [0.15, 0.2) is 54.6 Å². The summed E-state index contributed by atoms with van der Waals surface area (Å²) in [7, 11) is 0. The number of aromatic nitrogens is 1. The van der Waals surface area contributed by atoms with Gasteiger partial charge in [-0.3, -0.25) is 10.1 Å². The van der Waals surface area contributed by atoms with Gasteiger partial charge in [-0.1, -0.05) is 53.8 Å². The van der Waals surface area contributed by atoms with E-state index in [0.29, 0.717) is 10.6 Å². The van der Waals surface area contributed by atoms with Gasteiger partial charge in [0.25, 0.3) is 5.91 Å². The number of thiazole rings is 1. The van der Waals surface area contributed by atoms with Crippen LogP contribution in [-0.2, 0) is 9.53 Å². The zero-order chi connectivity index (χ0) is 19.9. The maximum Gasteiger partial charge on any atom is 0.350 e. The van der Waals surface area contributed by atoms with E-state index in [1.807, 2.05) is 30.3 Å². The summed E-state index contributed by atoms with van der Waals surface area (Å²) in [5.74, 6) is -1.61. The number of hydrogen-bond acceptors (Lipinski definition) is 6. The Morgan fingerprint density at radius 3 is 2.54 bits per heavy atom. The Morgan fingerprint density at radius 2 is 1.82 bits per heavy atom. The lowest BCUT2D eigenvalue weighted by Gasteiger charge is -2.06. The molecule has 3 aromatic rings. The summed E-state index contributed by atoms with van der Waals surface area (Å²) in [6, 6.07) is 14.9. The van der Waals surface area contributed by atoms with Gasteiger partial charge in [0, 0.05) is 5.56 Å². The number of carbonyl (C=O) groups is 2. The molecule has 0 radical (unpaired) electrons. The highest BCUT2D eigenvalue weighted by Crippen LogP contribution is 2.31. The van der Waals surface area contributed by atoms with Crippen LogP contribution in [0.2, 0.25) is 0 Å². The molecule has 1 aromatic heterocycles. The number of nitrogens with one attached hydrogen (secondary N) is 1. The Kier molecular flexibility index (Phi) is 6.33. The predicted octanol–water partition coefficient (Wildman–Crippen LogP) is 4.14. The third kappa shape index (κ3) is 4.72. The molecule has 2 aromatic carbocycles. The lowest BCUT2D eigenvalue weighted by Crippen LogP contribution is -2.20. The first-order valence-corrected chi connectivity index (χ1v) is 9.30. The molecule has 0 bridgehead atoms. The maximum absolute atomic E-state index is 13.6. The Balaban J connectivity index is 1.75. The second kappa shape index (κ2) is 9.09. The van der Waals surface area contributed by atoms with Crippen LogP contribution in [0.4, 0.5) is 9.52 Å². The van der Waals surface area contributed by atoms with Gasteiger partial charge in [-0.25, -0.2) is 14.2 Å². The van der Waals surface area contributed by atoms with Gasteiger partial charge in [0.2, 0.25) is 0 Å². The van der Waals surface area contributed by atoms with E-state index >= 15 is 0 Å². The van der Waals surface area contributed by atoms with Crippen molar-refractivity contribution in [2.45, 2.75) is 6.92 Å². The molecule has 28 heavy (non-hydrogen) atoms. The van der Waals surface area contributed by atoms with Gasteiger partial charge in [0.05, 0.1) is 12.3 Å². The monoisotopic (exact) mass is 400 g/mol. The highest BCUT2D eigenvalue weighted by molar-refractivity contribution is 7.18. The van der Waals surface area contributed by atoms with Crippen molar-refractivity contribution in [3.8, 4) is 17.0 Å². The summed E-state index contributed by atoms with van der Waals surface area (Å²) in [5, 5.41) is 2.80. The zero-order valence-electron chi connectivity index (χ0n) is 15.0.